The van der Waals surface area contributed by atoms with Crippen LogP contribution in [0.25, 0.3) is 0 Å². The SMILES string of the molecule is COCCCC(=O)Nc1ccc(I)cn1. The van der Waals surface area contributed by atoms with E-state index in [0.717, 1.165) is 9.99 Å². The van der Waals surface area contributed by atoms with Crippen molar-refractivity contribution in [3.63, 3.8) is 0 Å². The van der Waals surface area contributed by atoms with Crippen molar-refractivity contribution in [2.75, 3.05) is 19.0 Å². The van der Waals surface area contributed by atoms with E-state index in [1.54, 1.807) is 19.4 Å². The number of anilines is 1. The number of carbonyl (C=O) groups excluding carboxylic acids is 1. The van der Waals surface area contributed by atoms with Gasteiger partial charge in [0.15, 0.2) is 0 Å². The topological polar surface area (TPSA) is 51.2 Å². The first-order valence-electron chi connectivity index (χ1n) is 4.62. The number of amides is 1. The molecule has 1 aromatic heterocycles. The maximum Gasteiger partial charge on any atom is 0.225 e. The average molecular weight is 320 g/mol. The van der Waals surface area contributed by atoms with E-state index in [1.165, 1.54) is 0 Å². The molecule has 1 aromatic rings. The first-order chi connectivity index (χ1) is 7.22. The van der Waals surface area contributed by atoms with Crippen LogP contribution in [0.4, 0.5) is 5.82 Å². The van der Waals surface area contributed by atoms with Gasteiger partial charge in [-0.15, -0.1) is 0 Å². The maximum absolute atomic E-state index is 11.4. The normalized spacial score (nSPS) is 10.0. The van der Waals surface area contributed by atoms with Crippen LogP contribution in [0, 0.1) is 3.57 Å². The van der Waals surface area contributed by atoms with E-state index in [-0.39, 0.29) is 5.91 Å². The third-order valence-corrected chi connectivity index (χ3v) is 2.39. The van der Waals surface area contributed by atoms with Crippen molar-refractivity contribution in [2.24, 2.45) is 0 Å². The van der Waals surface area contributed by atoms with Gasteiger partial charge in [0.1, 0.15) is 5.82 Å². The van der Waals surface area contributed by atoms with Crippen LogP contribution in [0.3, 0.4) is 0 Å². The minimum Gasteiger partial charge on any atom is -0.385 e. The Labute approximate surface area is 103 Å². The molecule has 0 atom stereocenters. The van der Waals surface area contributed by atoms with E-state index in [2.05, 4.69) is 32.9 Å². The van der Waals surface area contributed by atoms with Crippen molar-refractivity contribution in [2.45, 2.75) is 12.8 Å². The van der Waals surface area contributed by atoms with Crippen molar-refractivity contribution in [1.29, 1.82) is 0 Å². The van der Waals surface area contributed by atoms with Gasteiger partial charge in [-0.3, -0.25) is 4.79 Å². The van der Waals surface area contributed by atoms with Crippen LogP contribution in [-0.4, -0.2) is 24.6 Å². The zero-order valence-electron chi connectivity index (χ0n) is 8.50. The molecule has 4 nitrogen and oxygen atoms in total. The number of carbonyl (C=O) groups is 1. The van der Waals surface area contributed by atoms with Gasteiger partial charge in [0, 0.05) is 29.9 Å². The number of halogens is 1. The van der Waals surface area contributed by atoms with Gasteiger partial charge in [-0.2, -0.15) is 0 Å². The lowest BCUT2D eigenvalue weighted by molar-refractivity contribution is -0.116. The Morgan fingerprint density at radius 3 is 3.00 bits per heavy atom. The molecular weight excluding hydrogens is 307 g/mol. The molecule has 1 rings (SSSR count). The van der Waals surface area contributed by atoms with Gasteiger partial charge in [0.25, 0.3) is 0 Å². The second-order valence-electron chi connectivity index (χ2n) is 3.01. The summed E-state index contributed by atoms with van der Waals surface area (Å²) >= 11 is 2.17. The molecule has 0 fully saturated rings. The van der Waals surface area contributed by atoms with E-state index in [0.29, 0.717) is 18.8 Å². The second-order valence-corrected chi connectivity index (χ2v) is 4.25. The summed E-state index contributed by atoms with van der Waals surface area (Å²) in [6, 6.07) is 3.69. The van der Waals surface area contributed by atoms with Gasteiger partial charge in [-0.05, 0) is 41.1 Å². The summed E-state index contributed by atoms with van der Waals surface area (Å²) in [5, 5.41) is 2.72. The molecule has 0 saturated carbocycles. The molecule has 0 bridgehead atoms. The number of rotatable bonds is 5. The molecular formula is C10H13IN2O2. The standard InChI is InChI=1S/C10H13IN2O2/c1-15-6-2-3-10(14)13-9-5-4-8(11)7-12-9/h4-5,7H,2-3,6H2,1H3,(H,12,13,14). The lowest BCUT2D eigenvalue weighted by Crippen LogP contribution is -2.12. The van der Waals surface area contributed by atoms with Crippen LogP contribution >= 0.6 is 22.6 Å². The number of methoxy groups -OCH3 is 1. The highest BCUT2D eigenvalue weighted by Crippen LogP contribution is 2.07. The van der Waals surface area contributed by atoms with Gasteiger partial charge in [0.2, 0.25) is 5.91 Å². The summed E-state index contributed by atoms with van der Waals surface area (Å²) < 4.78 is 5.91. The van der Waals surface area contributed by atoms with Gasteiger partial charge < -0.3 is 10.1 Å². The van der Waals surface area contributed by atoms with Crippen LogP contribution in [0.15, 0.2) is 18.3 Å². The Morgan fingerprint density at radius 2 is 2.40 bits per heavy atom. The predicted molar refractivity (Wildman–Crippen MR) is 66.7 cm³/mol. The number of hydrogen-bond acceptors (Lipinski definition) is 3. The predicted octanol–water partition coefficient (Wildman–Crippen LogP) is 2.05. The first-order valence-corrected chi connectivity index (χ1v) is 5.70. The lowest BCUT2D eigenvalue weighted by Gasteiger charge is -2.03. The first kappa shape index (κ1) is 12.4. The number of nitrogens with one attached hydrogen (secondary N) is 1. The second kappa shape index (κ2) is 6.73. The molecule has 15 heavy (non-hydrogen) atoms. The molecule has 1 N–H and O–H groups in total. The summed E-state index contributed by atoms with van der Waals surface area (Å²) in [4.78, 5) is 15.4. The largest absolute Gasteiger partial charge is 0.385 e. The number of hydrogen-bond donors (Lipinski definition) is 1. The summed E-state index contributed by atoms with van der Waals surface area (Å²) in [5.41, 5.74) is 0. The molecule has 1 amide bonds. The van der Waals surface area contributed by atoms with Crippen molar-refractivity contribution in [1.82, 2.24) is 4.98 Å². The van der Waals surface area contributed by atoms with Crippen LogP contribution in [0.5, 0.6) is 0 Å². The number of aromatic nitrogens is 1. The molecule has 0 aliphatic carbocycles. The highest BCUT2D eigenvalue weighted by molar-refractivity contribution is 14.1. The molecule has 0 saturated heterocycles. The smallest absolute Gasteiger partial charge is 0.225 e. The molecule has 82 valence electrons. The van der Waals surface area contributed by atoms with Gasteiger partial charge >= 0.3 is 0 Å². The fourth-order valence-corrected chi connectivity index (χ4v) is 1.35. The molecule has 0 aliphatic heterocycles. The quantitative estimate of drug-likeness (QED) is 0.667. The maximum atomic E-state index is 11.4. The average Bonchev–Trinajstić information content (AvgIpc) is 2.22. The Bertz CT molecular complexity index is 314. The fourth-order valence-electron chi connectivity index (χ4n) is 1.03. The van der Waals surface area contributed by atoms with Gasteiger partial charge in [0.05, 0.1) is 0 Å². The Balaban J connectivity index is 2.34. The summed E-state index contributed by atoms with van der Waals surface area (Å²) in [6.45, 7) is 0.605. The molecule has 0 aromatic carbocycles. The number of pyridine rings is 1. The third kappa shape index (κ3) is 5.08. The molecule has 1 heterocycles. The zero-order valence-corrected chi connectivity index (χ0v) is 10.7. The molecule has 0 spiro atoms. The molecule has 0 aliphatic rings. The lowest BCUT2D eigenvalue weighted by atomic mass is 10.3. The van der Waals surface area contributed by atoms with Gasteiger partial charge in [-0.1, -0.05) is 0 Å². The van der Waals surface area contributed by atoms with Gasteiger partial charge in [-0.25, -0.2) is 4.98 Å². The van der Waals surface area contributed by atoms with Crippen molar-refractivity contribution in [3.05, 3.63) is 21.9 Å². The van der Waals surface area contributed by atoms with Crippen molar-refractivity contribution in [3.8, 4) is 0 Å². The summed E-state index contributed by atoms with van der Waals surface area (Å²) in [7, 11) is 1.62. The monoisotopic (exact) mass is 320 g/mol. The van der Waals surface area contributed by atoms with E-state index in [9.17, 15) is 4.79 Å². The summed E-state index contributed by atoms with van der Waals surface area (Å²) in [5.74, 6) is 0.568. The van der Waals surface area contributed by atoms with Crippen LogP contribution in [0.1, 0.15) is 12.8 Å². The number of nitrogens with zero attached hydrogens (tertiary/aromatic N) is 1. The Morgan fingerprint density at radius 1 is 1.60 bits per heavy atom. The zero-order chi connectivity index (χ0) is 11.1. The molecule has 5 heteroatoms. The Hall–Kier alpha value is -0.690. The minimum absolute atomic E-state index is 0.0271. The van der Waals surface area contributed by atoms with Crippen LogP contribution in [-0.2, 0) is 9.53 Å². The van der Waals surface area contributed by atoms with E-state index in [1.807, 2.05) is 6.07 Å². The van der Waals surface area contributed by atoms with E-state index < -0.39 is 0 Å². The van der Waals surface area contributed by atoms with Crippen molar-refractivity contribution >= 4 is 34.3 Å². The van der Waals surface area contributed by atoms with E-state index >= 15 is 0 Å². The van der Waals surface area contributed by atoms with Crippen LogP contribution in [0.2, 0.25) is 0 Å². The third-order valence-electron chi connectivity index (χ3n) is 1.75. The molecule has 0 unspecified atom stereocenters. The van der Waals surface area contributed by atoms with E-state index in [4.69, 9.17) is 4.74 Å². The van der Waals surface area contributed by atoms with Crippen molar-refractivity contribution < 1.29 is 9.53 Å². The summed E-state index contributed by atoms with van der Waals surface area (Å²) in [6.07, 6.45) is 2.90. The number of ether oxygens (including phenoxy) is 1. The van der Waals surface area contributed by atoms with Crippen LogP contribution < -0.4 is 5.32 Å². The molecule has 0 radical (unpaired) electrons. The minimum atomic E-state index is -0.0271. The fraction of sp³-hybridized carbons (Fsp3) is 0.400. The highest BCUT2D eigenvalue weighted by Gasteiger charge is 2.02. The highest BCUT2D eigenvalue weighted by atomic mass is 127. The Kier molecular flexibility index (Phi) is 5.56.